The van der Waals surface area contributed by atoms with Crippen LogP contribution in [-0.4, -0.2) is 26.0 Å². The molecule has 1 aliphatic rings. The van der Waals surface area contributed by atoms with Crippen molar-refractivity contribution in [2.24, 2.45) is 0 Å². The lowest BCUT2D eigenvalue weighted by molar-refractivity contribution is 0.156. The Kier molecular flexibility index (Phi) is 6.38. The fourth-order valence-electron chi connectivity index (χ4n) is 1.20. The average Bonchev–Trinajstić information content (AvgIpc) is 2.32. The Morgan fingerprint density at radius 1 is 1.25 bits per heavy atom. The molecule has 2 rings (SSSR count). The van der Waals surface area contributed by atoms with Crippen LogP contribution in [0, 0.1) is 0 Å². The summed E-state index contributed by atoms with van der Waals surface area (Å²) in [7, 11) is 1.39. The molecule has 85 valence electrons. The fourth-order valence-corrected chi connectivity index (χ4v) is 1.20. The molecule has 1 fully saturated rings. The molecule has 0 unspecified atom stereocenters. The van der Waals surface area contributed by atoms with Gasteiger partial charge in [-0.25, -0.2) is 0 Å². The van der Waals surface area contributed by atoms with Gasteiger partial charge in [0.2, 0.25) is 0 Å². The molecule has 1 radical (unpaired) electrons. The van der Waals surface area contributed by atoms with Crippen LogP contribution in [0.2, 0.25) is 0 Å². The summed E-state index contributed by atoms with van der Waals surface area (Å²) in [6, 6.07) is 9.75. The molecule has 1 heterocycles. The number of allylic oxidation sites excluding steroid dienone is 1. The van der Waals surface area contributed by atoms with Gasteiger partial charge in [-0.3, -0.25) is 0 Å². The number of hydrogen-bond donors (Lipinski definition) is 1. The minimum atomic E-state index is 0.214. The third-order valence-corrected chi connectivity index (χ3v) is 1.91. The van der Waals surface area contributed by atoms with Gasteiger partial charge in [-0.1, -0.05) is 36.9 Å². The minimum absolute atomic E-state index is 0.214. The van der Waals surface area contributed by atoms with Crippen molar-refractivity contribution < 1.29 is 14.4 Å². The molecule has 4 heteroatoms. The quantitative estimate of drug-likeness (QED) is 0.612. The molecule has 1 aromatic carbocycles. The topological polar surface area (TPSA) is 38.7 Å². The number of aliphatic hydroxyl groups is 1. The van der Waals surface area contributed by atoms with Crippen LogP contribution in [0.4, 0.5) is 0 Å². The second-order valence-corrected chi connectivity index (χ2v) is 3.42. The molecule has 1 N–H and O–H groups in total. The Morgan fingerprint density at radius 2 is 1.88 bits per heavy atom. The van der Waals surface area contributed by atoms with Crippen molar-refractivity contribution in [1.82, 2.24) is 0 Å². The molecule has 0 saturated carbocycles. The SMILES string of the molecule is C=C(O)Cc1ccccc1.[B]1OCCCO1. The molecule has 1 aromatic rings. The van der Waals surface area contributed by atoms with Gasteiger partial charge in [0.1, 0.15) is 0 Å². The smallest absolute Gasteiger partial charge is 0.487 e. The fraction of sp³-hybridized carbons (Fsp3) is 0.333. The van der Waals surface area contributed by atoms with E-state index in [4.69, 9.17) is 14.4 Å². The van der Waals surface area contributed by atoms with E-state index in [9.17, 15) is 0 Å². The Bertz CT molecular complexity index is 285. The Morgan fingerprint density at radius 3 is 2.25 bits per heavy atom. The maximum atomic E-state index is 8.81. The first-order valence-electron chi connectivity index (χ1n) is 5.24. The lowest BCUT2D eigenvalue weighted by atomic mass is 10.1. The highest BCUT2D eigenvalue weighted by atomic mass is 16.6. The number of hydrogen-bond acceptors (Lipinski definition) is 3. The minimum Gasteiger partial charge on any atom is -0.513 e. The Labute approximate surface area is 97.0 Å². The van der Waals surface area contributed by atoms with Crippen molar-refractivity contribution in [1.29, 1.82) is 0 Å². The predicted octanol–water partition coefficient (Wildman–Crippen LogP) is 2.26. The van der Waals surface area contributed by atoms with Gasteiger partial charge >= 0.3 is 7.69 Å². The molecule has 0 spiro atoms. The van der Waals surface area contributed by atoms with E-state index in [1.54, 1.807) is 0 Å². The van der Waals surface area contributed by atoms with E-state index in [0.29, 0.717) is 6.42 Å². The summed E-state index contributed by atoms with van der Waals surface area (Å²) in [5, 5.41) is 8.81. The van der Waals surface area contributed by atoms with Crippen LogP contribution in [0.3, 0.4) is 0 Å². The molecular formula is C12H16BO3. The van der Waals surface area contributed by atoms with Crippen LogP contribution in [0.25, 0.3) is 0 Å². The molecule has 0 bridgehead atoms. The summed E-state index contributed by atoms with van der Waals surface area (Å²) in [5.41, 5.74) is 1.09. The molecular weight excluding hydrogens is 203 g/mol. The zero-order valence-electron chi connectivity index (χ0n) is 9.26. The summed E-state index contributed by atoms with van der Waals surface area (Å²) in [5.74, 6) is 0.214. The summed E-state index contributed by atoms with van der Waals surface area (Å²) in [6.07, 6.45) is 1.58. The maximum absolute atomic E-state index is 8.81. The number of aliphatic hydroxyl groups excluding tert-OH is 1. The lowest BCUT2D eigenvalue weighted by Gasteiger charge is -2.07. The van der Waals surface area contributed by atoms with Crippen LogP contribution in [0.1, 0.15) is 12.0 Å². The molecule has 1 saturated heterocycles. The zero-order chi connectivity index (χ0) is 11.6. The predicted molar refractivity (Wildman–Crippen MR) is 64.2 cm³/mol. The van der Waals surface area contributed by atoms with Crippen LogP contribution in [-0.2, 0) is 15.7 Å². The van der Waals surface area contributed by atoms with E-state index in [0.717, 1.165) is 25.2 Å². The normalized spacial score (nSPS) is 14.2. The summed E-state index contributed by atoms with van der Waals surface area (Å²) in [6.45, 7) is 5.04. The van der Waals surface area contributed by atoms with Crippen molar-refractivity contribution in [2.75, 3.05) is 13.2 Å². The van der Waals surface area contributed by atoms with Crippen molar-refractivity contribution in [3.8, 4) is 0 Å². The first-order chi connectivity index (χ1) is 7.79. The van der Waals surface area contributed by atoms with E-state index in [1.807, 2.05) is 30.3 Å². The highest BCUT2D eigenvalue weighted by molar-refractivity contribution is 6.18. The Balaban J connectivity index is 0.000000181. The maximum Gasteiger partial charge on any atom is 0.487 e. The molecule has 3 nitrogen and oxygen atoms in total. The molecule has 0 aliphatic carbocycles. The second kappa shape index (κ2) is 7.96. The van der Waals surface area contributed by atoms with Gasteiger partial charge in [-0.05, 0) is 12.0 Å². The summed E-state index contributed by atoms with van der Waals surface area (Å²) in [4.78, 5) is 0. The second-order valence-electron chi connectivity index (χ2n) is 3.42. The van der Waals surface area contributed by atoms with Gasteiger partial charge in [0, 0.05) is 19.6 Å². The zero-order valence-corrected chi connectivity index (χ0v) is 9.26. The number of rotatable bonds is 2. The van der Waals surface area contributed by atoms with Gasteiger partial charge < -0.3 is 14.4 Å². The highest BCUT2D eigenvalue weighted by Gasteiger charge is 1.99. The molecule has 0 aromatic heterocycles. The van der Waals surface area contributed by atoms with Crippen molar-refractivity contribution in [3.63, 3.8) is 0 Å². The standard InChI is InChI=1S/C9H10O.C3H6BO2/c1-8(10)7-9-5-3-2-4-6-9;1-2-5-4-6-3-1/h2-6,10H,1,7H2;1-3H2. The third-order valence-electron chi connectivity index (χ3n) is 1.91. The van der Waals surface area contributed by atoms with E-state index < -0.39 is 0 Å². The third kappa shape index (κ3) is 6.27. The van der Waals surface area contributed by atoms with E-state index in [2.05, 4.69) is 6.58 Å². The number of benzene rings is 1. The molecule has 0 atom stereocenters. The van der Waals surface area contributed by atoms with Crippen LogP contribution >= 0.6 is 0 Å². The van der Waals surface area contributed by atoms with Gasteiger partial charge in [0.25, 0.3) is 0 Å². The van der Waals surface area contributed by atoms with Crippen molar-refractivity contribution in [2.45, 2.75) is 12.8 Å². The van der Waals surface area contributed by atoms with Crippen molar-refractivity contribution >= 4 is 7.69 Å². The Hall–Kier alpha value is -1.26. The van der Waals surface area contributed by atoms with E-state index in [-0.39, 0.29) is 5.76 Å². The van der Waals surface area contributed by atoms with Gasteiger partial charge in [-0.2, -0.15) is 0 Å². The van der Waals surface area contributed by atoms with E-state index >= 15 is 0 Å². The van der Waals surface area contributed by atoms with Crippen LogP contribution < -0.4 is 0 Å². The van der Waals surface area contributed by atoms with E-state index in [1.165, 1.54) is 7.69 Å². The first kappa shape index (κ1) is 12.8. The lowest BCUT2D eigenvalue weighted by Crippen LogP contribution is -2.14. The highest BCUT2D eigenvalue weighted by Crippen LogP contribution is 2.02. The molecule has 1 aliphatic heterocycles. The van der Waals surface area contributed by atoms with Crippen LogP contribution in [0.5, 0.6) is 0 Å². The molecule has 0 amide bonds. The average molecular weight is 219 g/mol. The van der Waals surface area contributed by atoms with Gasteiger partial charge in [0.15, 0.2) is 0 Å². The largest absolute Gasteiger partial charge is 0.513 e. The summed E-state index contributed by atoms with van der Waals surface area (Å²) >= 11 is 0. The van der Waals surface area contributed by atoms with Crippen molar-refractivity contribution in [3.05, 3.63) is 48.2 Å². The summed E-state index contributed by atoms with van der Waals surface area (Å²) < 4.78 is 9.44. The van der Waals surface area contributed by atoms with Crippen LogP contribution in [0.15, 0.2) is 42.7 Å². The monoisotopic (exact) mass is 219 g/mol. The first-order valence-corrected chi connectivity index (χ1v) is 5.24. The molecule has 16 heavy (non-hydrogen) atoms. The van der Waals surface area contributed by atoms with Gasteiger partial charge in [-0.15, -0.1) is 0 Å². The van der Waals surface area contributed by atoms with Gasteiger partial charge in [0.05, 0.1) is 5.76 Å².